The van der Waals surface area contributed by atoms with Crippen LogP contribution in [0.25, 0.3) is 0 Å². The molecule has 19 heavy (non-hydrogen) atoms. The third-order valence-corrected chi connectivity index (χ3v) is 2.94. The maximum Gasteiger partial charge on any atom is 0.251 e. The summed E-state index contributed by atoms with van der Waals surface area (Å²) in [5, 5.41) is 2.63. The Bertz CT molecular complexity index is 588. The van der Waals surface area contributed by atoms with Gasteiger partial charge in [0.1, 0.15) is 11.5 Å². The second-order valence-electron chi connectivity index (χ2n) is 4.47. The predicted molar refractivity (Wildman–Crippen MR) is 75.8 cm³/mol. The van der Waals surface area contributed by atoms with Crippen molar-refractivity contribution in [3.8, 4) is 11.5 Å². The Balaban J connectivity index is 2.26. The Hall–Kier alpha value is -2.29. The second-order valence-corrected chi connectivity index (χ2v) is 4.47. The highest BCUT2D eigenvalue weighted by Gasteiger charge is 2.09. The van der Waals surface area contributed by atoms with E-state index in [1.54, 1.807) is 13.1 Å². The van der Waals surface area contributed by atoms with Crippen LogP contribution in [0.4, 0.5) is 0 Å². The SMILES string of the molecule is CNC(=O)c1cc(Oc2ccc(C)cc2)ccc1C. The normalized spacial score (nSPS) is 10.1. The van der Waals surface area contributed by atoms with Crippen molar-refractivity contribution in [2.75, 3.05) is 7.05 Å². The zero-order valence-corrected chi connectivity index (χ0v) is 11.4. The lowest BCUT2D eigenvalue weighted by Crippen LogP contribution is -2.18. The minimum atomic E-state index is -0.105. The monoisotopic (exact) mass is 255 g/mol. The molecule has 1 N–H and O–H groups in total. The zero-order valence-electron chi connectivity index (χ0n) is 11.4. The second kappa shape index (κ2) is 5.57. The highest BCUT2D eigenvalue weighted by molar-refractivity contribution is 5.95. The van der Waals surface area contributed by atoms with Crippen LogP contribution in [0.1, 0.15) is 21.5 Å². The summed E-state index contributed by atoms with van der Waals surface area (Å²) in [6.07, 6.45) is 0. The van der Waals surface area contributed by atoms with E-state index < -0.39 is 0 Å². The Kier molecular flexibility index (Phi) is 3.85. The van der Waals surface area contributed by atoms with Crippen molar-refractivity contribution in [2.24, 2.45) is 0 Å². The molecule has 0 spiro atoms. The smallest absolute Gasteiger partial charge is 0.251 e. The number of hydrogen-bond donors (Lipinski definition) is 1. The van der Waals surface area contributed by atoms with Crippen LogP contribution in [-0.4, -0.2) is 13.0 Å². The van der Waals surface area contributed by atoms with Crippen LogP contribution in [0.15, 0.2) is 42.5 Å². The van der Waals surface area contributed by atoms with Gasteiger partial charge >= 0.3 is 0 Å². The molecule has 2 rings (SSSR count). The van der Waals surface area contributed by atoms with Gasteiger partial charge in [-0.3, -0.25) is 4.79 Å². The van der Waals surface area contributed by atoms with Gasteiger partial charge < -0.3 is 10.1 Å². The topological polar surface area (TPSA) is 38.3 Å². The maximum atomic E-state index is 11.7. The van der Waals surface area contributed by atoms with Crippen molar-refractivity contribution in [1.29, 1.82) is 0 Å². The van der Waals surface area contributed by atoms with Gasteiger partial charge in [-0.1, -0.05) is 23.8 Å². The van der Waals surface area contributed by atoms with Crippen LogP contribution in [0.3, 0.4) is 0 Å². The highest BCUT2D eigenvalue weighted by atomic mass is 16.5. The van der Waals surface area contributed by atoms with Crippen molar-refractivity contribution < 1.29 is 9.53 Å². The van der Waals surface area contributed by atoms with Crippen LogP contribution in [0, 0.1) is 13.8 Å². The van der Waals surface area contributed by atoms with Gasteiger partial charge in [-0.15, -0.1) is 0 Å². The summed E-state index contributed by atoms with van der Waals surface area (Å²) in [7, 11) is 1.62. The van der Waals surface area contributed by atoms with Gasteiger partial charge in [0.2, 0.25) is 0 Å². The fraction of sp³-hybridized carbons (Fsp3) is 0.188. The fourth-order valence-electron chi connectivity index (χ4n) is 1.79. The Morgan fingerprint density at radius 2 is 1.63 bits per heavy atom. The highest BCUT2D eigenvalue weighted by Crippen LogP contribution is 2.24. The molecular formula is C16H17NO2. The number of nitrogens with one attached hydrogen (secondary N) is 1. The molecule has 0 bridgehead atoms. The minimum absolute atomic E-state index is 0.105. The Morgan fingerprint density at radius 1 is 1.00 bits per heavy atom. The summed E-state index contributed by atoms with van der Waals surface area (Å²) in [4.78, 5) is 11.7. The number of rotatable bonds is 3. The van der Waals surface area contributed by atoms with E-state index in [9.17, 15) is 4.79 Å². The fourth-order valence-corrected chi connectivity index (χ4v) is 1.79. The Morgan fingerprint density at radius 3 is 2.26 bits per heavy atom. The summed E-state index contributed by atoms with van der Waals surface area (Å²) in [6, 6.07) is 13.3. The molecule has 3 nitrogen and oxygen atoms in total. The molecule has 0 atom stereocenters. The average molecular weight is 255 g/mol. The van der Waals surface area contributed by atoms with E-state index in [-0.39, 0.29) is 5.91 Å². The van der Waals surface area contributed by atoms with Crippen LogP contribution in [0.2, 0.25) is 0 Å². The molecule has 98 valence electrons. The summed E-state index contributed by atoms with van der Waals surface area (Å²) in [5.74, 6) is 1.32. The summed E-state index contributed by atoms with van der Waals surface area (Å²) in [6.45, 7) is 3.93. The van der Waals surface area contributed by atoms with Gasteiger partial charge in [0, 0.05) is 12.6 Å². The summed E-state index contributed by atoms with van der Waals surface area (Å²) < 4.78 is 5.74. The van der Waals surface area contributed by atoms with E-state index >= 15 is 0 Å². The van der Waals surface area contributed by atoms with Gasteiger partial charge in [0.25, 0.3) is 5.91 Å². The van der Waals surface area contributed by atoms with Gasteiger partial charge in [0.05, 0.1) is 0 Å². The third kappa shape index (κ3) is 3.13. The molecular weight excluding hydrogens is 238 g/mol. The maximum absolute atomic E-state index is 11.7. The molecule has 3 heteroatoms. The van der Waals surface area contributed by atoms with Crippen molar-refractivity contribution in [2.45, 2.75) is 13.8 Å². The largest absolute Gasteiger partial charge is 0.457 e. The number of hydrogen-bond acceptors (Lipinski definition) is 2. The zero-order chi connectivity index (χ0) is 13.8. The molecule has 0 aliphatic rings. The van der Waals surface area contributed by atoms with Gasteiger partial charge in [-0.05, 0) is 43.7 Å². The van der Waals surface area contributed by atoms with Crippen LogP contribution >= 0.6 is 0 Å². The standard InChI is InChI=1S/C16H17NO2/c1-11-4-7-13(8-5-11)19-14-9-6-12(2)15(10-14)16(18)17-3/h4-10H,1-3H3,(H,17,18). The number of aryl methyl sites for hydroxylation is 2. The first kappa shape index (κ1) is 13.1. The molecule has 0 saturated carbocycles. The lowest BCUT2D eigenvalue weighted by atomic mass is 10.1. The first-order valence-corrected chi connectivity index (χ1v) is 6.17. The molecule has 0 heterocycles. The van der Waals surface area contributed by atoms with E-state index in [1.165, 1.54) is 5.56 Å². The van der Waals surface area contributed by atoms with Crippen molar-refractivity contribution in [3.05, 3.63) is 59.2 Å². The number of ether oxygens (including phenoxy) is 1. The lowest BCUT2D eigenvalue weighted by Gasteiger charge is -2.09. The van der Waals surface area contributed by atoms with E-state index in [4.69, 9.17) is 4.74 Å². The molecule has 1 amide bonds. The van der Waals surface area contributed by atoms with Gasteiger partial charge in [0.15, 0.2) is 0 Å². The predicted octanol–water partition coefficient (Wildman–Crippen LogP) is 3.46. The van der Waals surface area contributed by atoms with E-state index in [1.807, 2.05) is 50.2 Å². The van der Waals surface area contributed by atoms with Crippen molar-refractivity contribution in [3.63, 3.8) is 0 Å². The molecule has 0 fully saturated rings. The molecule has 0 saturated heterocycles. The summed E-state index contributed by atoms with van der Waals surface area (Å²) in [5.41, 5.74) is 2.74. The van der Waals surface area contributed by atoms with Crippen molar-refractivity contribution >= 4 is 5.91 Å². The summed E-state index contributed by atoms with van der Waals surface area (Å²) >= 11 is 0. The van der Waals surface area contributed by atoms with Gasteiger partial charge in [-0.2, -0.15) is 0 Å². The molecule has 0 aromatic heterocycles. The van der Waals surface area contributed by atoms with E-state index in [2.05, 4.69) is 5.32 Å². The van der Waals surface area contributed by atoms with Crippen LogP contribution in [-0.2, 0) is 0 Å². The van der Waals surface area contributed by atoms with Gasteiger partial charge in [-0.25, -0.2) is 0 Å². The minimum Gasteiger partial charge on any atom is -0.457 e. The molecule has 0 aliphatic carbocycles. The average Bonchev–Trinajstić information content (AvgIpc) is 2.42. The van der Waals surface area contributed by atoms with E-state index in [0.717, 1.165) is 11.3 Å². The molecule has 0 unspecified atom stereocenters. The lowest BCUT2D eigenvalue weighted by molar-refractivity contribution is 0.0962. The number of benzene rings is 2. The number of carbonyl (C=O) groups is 1. The van der Waals surface area contributed by atoms with Crippen molar-refractivity contribution in [1.82, 2.24) is 5.32 Å². The molecule has 2 aromatic carbocycles. The van der Waals surface area contributed by atoms with Crippen LogP contribution in [0.5, 0.6) is 11.5 Å². The Labute approximate surface area is 113 Å². The molecule has 0 aliphatic heterocycles. The first-order valence-electron chi connectivity index (χ1n) is 6.17. The van der Waals surface area contributed by atoms with Crippen LogP contribution < -0.4 is 10.1 Å². The third-order valence-electron chi connectivity index (χ3n) is 2.94. The quantitative estimate of drug-likeness (QED) is 0.912. The first-order chi connectivity index (χ1) is 9.10. The number of carbonyl (C=O) groups excluding carboxylic acids is 1. The molecule has 2 aromatic rings. The van der Waals surface area contributed by atoms with E-state index in [0.29, 0.717) is 11.3 Å². The number of amides is 1. The molecule has 0 radical (unpaired) electrons.